The Labute approximate surface area is 87.7 Å². The van der Waals surface area contributed by atoms with Crippen LogP contribution in [0.1, 0.15) is 13.8 Å². The molecule has 1 amide bonds. The minimum Gasteiger partial charge on any atom is -0.267 e. The summed E-state index contributed by atoms with van der Waals surface area (Å²) < 4.78 is 0.603. The summed E-state index contributed by atoms with van der Waals surface area (Å²) in [4.78, 5) is 12.5. The first-order valence-electron chi connectivity index (χ1n) is 3.86. The number of hydrazine groups is 1. The van der Waals surface area contributed by atoms with Crippen LogP contribution in [0.4, 0.5) is 0 Å². The Morgan fingerprint density at radius 2 is 2.00 bits per heavy atom. The molecular weight excluding hydrogens is 204 g/mol. The molecule has 0 atom stereocenters. The highest BCUT2D eigenvalue weighted by atomic mass is 32.2. The number of carbonyl (C=O) groups is 1. The molecular formula is C8H12N2OS2. The van der Waals surface area contributed by atoms with E-state index in [1.165, 1.54) is 16.8 Å². The zero-order valence-electron chi connectivity index (χ0n) is 8.12. The highest BCUT2D eigenvalue weighted by molar-refractivity contribution is 8.26. The lowest BCUT2D eigenvalue weighted by Crippen LogP contribution is -2.40. The molecule has 1 rings (SSSR count). The van der Waals surface area contributed by atoms with Gasteiger partial charge in [0.15, 0.2) is 4.32 Å². The van der Waals surface area contributed by atoms with Crippen LogP contribution in [0.3, 0.4) is 0 Å². The SMILES string of the molecule is CC(C)=C1SC(=S)N(N(C)C)C1=O. The molecule has 0 N–H and O–H groups in total. The lowest BCUT2D eigenvalue weighted by Gasteiger charge is -2.21. The average Bonchev–Trinajstić information content (AvgIpc) is 2.26. The van der Waals surface area contributed by atoms with Crippen molar-refractivity contribution in [2.75, 3.05) is 14.1 Å². The smallest absolute Gasteiger partial charge is 0.267 e. The van der Waals surface area contributed by atoms with Crippen molar-refractivity contribution in [3.8, 4) is 0 Å². The number of allylic oxidation sites excluding steroid dienone is 1. The first-order valence-corrected chi connectivity index (χ1v) is 5.08. The van der Waals surface area contributed by atoms with Gasteiger partial charge in [-0.05, 0) is 13.8 Å². The number of nitrogens with zero attached hydrogens (tertiary/aromatic N) is 2. The molecule has 1 saturated heterocycles. The van der Waals surface area contributed by atoms with E-state index < -0.39 is 0 Å². The topological polar surface area (TPSA) is 23.6 Å². The zero-order chi connectivity index (χ0) is 10.2. The molecule has 0 unspecified atom stereocenters. The summed E-state index contributed by atoms with van der Waals surface area (Å²) in [6, 6.07) is 0. The molecule has 5 heteroatoms. The van der Waals surface area contributed by atoms with Crippen molar-refractivity contribution in [1.29, 1.82) is 0 Å². The molecule has 0 aliphatic carbocycles. The maximum Gasteiger partial charge on any atom is 0.280 e. The van der Waals surface area contributed by atoms with Gasteiger partial charge in [0.2, 0.25) is 0 Å². The van der Waals surface area contributed by atoms with Crippen LogP contribution in [0.25, 0.3) is 0 Å². The summed E-state index contributed by atoms with van der Waals surface area (Å²) in [6.07, 6.45) is 0. The van der Waals surface area contributed by atoms with E-state index >= 15 is 0 Å². The number of thiocarbonyl (C=S) groups is 1. The van der Waals surface area contributed by atoms with Crippen LogP contribution in [0.5, 0.6) is 0 Å². The Morgan fingerprint density at radius 3 is 2.23 bits per heavy atom. The predicted octanol–water partition coefficient (Wildman–Crippen LogP) is 1.62. The third-order valence-corrected chi connectivity index (χ3v) is 3.16. The van der Waals surface area contributed by atoms with Gasteiger partial charge in [0.05, 0.1) is 4.91 Å². The zero-order valence-corrected chi connectivity index (χ0v) is 9.75. The van der Waals surface area contributed by atoms with Crippen LogP contribution in [0.2, 0.25) is 0 Å². The van der Waals surface area contributed by atoms with Gasteiger partial charge < -0.3 is 0 Å². The molecule has 1 fully saturated rings. The molecule has 1 aliphatic heterocycles. The predicted molar refractivity (Wildman–Crippen MR) is 59.1 cm³/mol. The Morgan fingerprint density at radius 1 is 1.46 bits per heavy atom. The van der Waals surface area contributed by atoms with Gasteiger partial charge >= 0.3 is 0 Å². The molecule has 72 valence electrons. The fourth-order valence-corrected chi connectivity index (χ4v) is 2.40. The van der Waals surface area contributed by atoms with Crippen LogP contribution in [0, 0.1) is 0 Å². The van der Waals surface area contributed by atoms with E-state index in [0.29, 0.717) is 4.32 Å². The van der Waals surface area contributed by atoms with E-state index in [2.05, 4.69) is 0 Å². The van der Waals surface area contributed by atoms with E-state index in [0.717, 1.165) is 10.5 Å². The molecule has 0 spiro atoms. The minimum absolute atomic E-state index is 0.0139. The number of hydrogen-bond donors (Lipinski definition) is 0. The summed E-state index contributed by atoms with van der Waals surface area (Å²) in [7, 11) is 3.61. The highest BCUT2D eigenvalue weighted by Crippen LogP contribution is 2.33. The minimum atomic E-state index is -0.0139. The van der Waals surface area contributed by atoms with Crippen molar-refractivity contribution in [3.63, 3.8) is 0 Å². The third kappa shape index (κ3) is 1.92. The van der Waals surface area contributed by atoms with Crippen LogP contribution in [-0.4, -0.2) is 34.3 Å². The number of hydrogen-bond acceptors (Lipinski definition) is 4. The molecule has 0 radical (unpaired) electrons. The van der Waals surface area contributed by atoms with E-state index in [1.807, 2.05) is 13.8 Å². The average molecular weight is 216 g/mol. The van der Waals surface area contributed by atoms with Crippen molar-refractivity contribution < 1.29 is 4.79 Å². The van der Waals surface area contributed by atoms with Crippen LogP contribution in [0.15, 0.2) is 10.5 Å². The van der Waals surface area contributed by atoms with Gasteiger partial charge in [0.1, 0.15) is 0 Å². The largest absolute Gasteiger partial charge is 0.280 e. The standard InChI is InChI=1S/C8H12N2OS2/c1-5(2)6-7(11)10(9(3)4)8(12)13-6/h1-4H3. The Balaban J connectivity index is 3.02. The molecule has 0 aromatic carbocycles. The maximum absolute atomic E-state index is 11.7. The first kappa shape index (κ1) is 10.7. The summed E-state index contributed by atoms with van der Waals surface area (Å²) >= 11 is 6.45. The Kier molecular flexibility index (Phi) is 3.10. The maximum atomic E-state index is 11.7. The van der Waals surface area contributed by atoms with Gasteiger partial charge in [-0.25, -0.2) is 10.0 Å². The molecule has 1 heterocycles. The van der Waals surface area contributed by atoms with Crippen molar-refractivity contribution in [3.05, 3.63) is 10.5 Å². The van der Waals surface area contributed by atoms with Gasteiger partial charge in [0.25, 0.3) is 5.91 Å². The van der Waals surface area contributed by atoms with Crippen molar-refractivity contribution in [1.82, 2.24) is 10.0 Å². The number of amides is 1. The van der Waals surface area contributed by atoms with E-state index in [4.69, 9.17) is 12.2 Å². The Bertz CT molecular complexity index is 293. The highest BCUT2D eigenvalue weighted by Gasteiger charge is 2.34. The van der Waals surface area contributed by atoms with Crippen molar-refractivity contribution in [2.45, 2.75) is 13.8 Å². The molecule has 1 aliphatic rings. The van der Waals surface area contributed by atoms with Crippen LogP contribution >= 0.6 is 24.0 Å². The Hall–Kier alpha value is -0.390. The number of rotatable bonds is 1. The molecule has 13 heavy (non-hydrogen) atoms. The van der Waals surface area contributed by atoms with Gasteiger partial charge in [-0.3, -0.25) is 4.79 Å². The number of carbonyl (C=O) groups excluding carboxylic acids is 1. The van der Waals surface area contributed by atoms with Gasteiger partial charge in [0, 0.05) is 14.1 Å². The monoisotopic (exact) mass is 216 g/mol. The molecule has 3 nitrogen and oxygen atoms in total. The first-order chi connectivity index (χ1) is 5.95. The second-order valence-corrected chi connectivity index (χ2v) is 4.81. The lowest BCUT2D eigenvalue weighted by molar-refractivity contribution is -0.130. The normalized spacial score (nSPS) is 17.6. The summed E-state index contributed by atoms with van der Waals surface area (Å²) in [5, 5.41) is 3.20. The quantitative estimate of drug-likeness (QED) is 0.491. The summed E-state index contributed by atoms with van der Waals surface area (Å²) in [5.74, 6) is -0.0139. The van der Waals surface area contributed by atoms with E-state index in [-0.39, 0.29) is 5.91 Å². The fourth-order valence-electron chi connectivity index (χ4n) is 1.01. The second-order valence-electron chi connectivity index (χ2n) is 3.16. The van der Waals surface area contributed by atoms with Gasteiger partial charge in [-0.1, -0.05) is 29.6 Å². The number of thioether (sulfide) groups is 1. The van der Waals surface area contributed by atoms with Gasteiger partial charge in [-0.2, -0.15) is 0 Å². The summed E-state index contributed by atoms with van der Waals surface area (Å²) in [5.41, 5.74) is 1.02. The van der Waals surface area contributed by atoms with Crippen LogP contribution in [-0.2, 0) is 4.79 Å². The molecule has 0 aromatic rings. The second kappa shape index (κ2) is 3.77. The third-order valence-electron chi connectivity index (χ3n) is 1.60. The molecule has 0 bridgehead atoms. The summed E-state index contributed by atoms with van der Waals surface area (Å²) in [6.45, 7) is 3.84. The molecule has 0 aromatic heterocycles. The lowest BCUT2D eigenvalue weighted by atomic mass is 10.3. The van der Waals surface area contributed by atoms with Crippen molar-refractivity contribution >= 4 is 34.2 Å². The van der Waals surface area contributed by atoms with E-state index in [9.17, 15) is 4.79 Å². The fraction of sp³-hybridized carbons (Fsp3) is 0.500. The van der Waals surface area contributed by atoms with Crippen LogP contribution < -0.4 is 0 Å². The van der Waals surface area contributed by atoms with Crippen molar-refractivity contribution in [2.24, 2.45) is 0 Å². The molecule has 0 saturated carbocycles. The van der Waals surface area contributed by atoms with Gasteiger partial charge in [-0.15, -0.1) is 0 Å². The van der Waals surface area contributed by atoms with E-state index in [1.54, 1.807) is 19.1 Å².